The molecule has 3 nitrogen and oxygen atoms in total. The first-order valence-corrected chi connectivity index (χ1v) is 33.2. The van der Waals surface area contributed by atoms with Crippen molar-refractivity contribution in [2.24, 2.45) is 0 Å². The normalized spacial score (nSPS) is 12.7. The molecule has 0 radical (unpaired) electrons. The second-order valence-electron chi connectivity index (χ2n) is 22.3. The molecule has 0 amide bonds. The zero-order chi connectivity index (χ0) is 55.6. The van der Waals surface area contributed by atoms with Crippen molar-refractivity contribution in [3.8, 4) is 5.69 Å². The van der Waals surface area contributed by atoms with Gasteiger partial charge in [-0.25, -0.2) is 0 Å². The summed E-state index contributed by atoms with van der Waals surface area (Å²) < 4.78 is 2.51. The van der Waals surface area contributed by atoms with Crippen LogP contribution in [0.2, 0.25) is 0 Å². The molecular formula is C78H56BN3Si2. The topological polar surface area (TPSA) is 11.4 Å². The quantitative estimate of drug-likeness (QED) is 0.0945. The molecule has 3 heterocycles. The summed E-state index contributed by atoms with van der Waals surface area (Å²) in [6.07, 6.45) is 0. The van der Waals surface area contributed by atoms with Gasteiger partial charge in [0, 0.05) is 44.9 Å². The standard InChI is InChI=1S/C78H56BN3Si2/c1-8-30-57(31-9-1)80-73-52-29-53-76(84(63-39-16-5-17-40-63,64-41-18-6-19-42-64)65-43-20-7-21-44-65)78(73)79-69-48-24-27-51-72(69)81(75-56-59(55-74(80)77(75)79)82-70-49-25-22-46-67(70)68-47-23-26-50-71(68)82)58-32-28-45-66(54-58)83(60-33-10-2-11-34-60,61-35-12-3-13-36-61)62-37-14-4-15-38-62/h1-56H. The van der Waals surface area contributed by atoms with Crippen molar-refractivity contribution >= 4 is 137 Å². The van der Waals surface area contributed by atoms with E-state index in [-0.39, 0.29) is 6.71 Å². The van der Waals surface area contributed by atoms with Gasteiger partial charge in [-0.2, -0.15) is 0 Å². The summed E-state index contributed by atoms with van der Waals surface area (Å²) in [5.74, 6) is 0. The summed E-state index contributed by atoms with van der Waals surface area (Å²) in [6.45, 7) is -0.168. The van der Waals surface area contributed by atoms with Gasteiger partial charge in [0.1, 0.15) is 0 Å². The molecular weight excluding hydrogens is 1050 g/mol. The number of hydrogen-bond donors (Lipinski definition) is 0. The van der Waals surface area contributed by atoms with E-state index < -0.39 is 16.1 Å². The highest BCUT2D eigenvalue weighted by atomic mass is 28.3. The second kappa shape index (κ2) is 20.3. The summed E-state index contributed by atoms with van der Waals surface area (Å²) in [5, 5.41) is 13.2. The Labute approximate surface area is 493 Å². The smallest absolute Gasteiger partial charge is 0.252 e. The van der Waals surface area contributed by atoms with Crippen molar-refractivity contribution in [1.29, 1.82) is 0 Å². The zero-order valence-electron chi connectivity index (χ0n) is 46.3. The Kier molecular flexibility index (Phi) is 12.0. The second-order valence-corrected chi connectivity index (χ2v) is 29.8. The maximum Gasteiger partial charge on any atom is 0.252 e. The molecule has 84 heavy (non-hydrogen) atoms. The van der Waals surface area contributed by atoms with Crippen LogP contribution in [0.4, 0.5) is 34.1 Å². The molecule has 0 spiro atoms. The van der Waals surface area contributed by atoms with E-state index in [1.54, 1.807) is 0 Å². The van der Waals surface area contributed by atoms with Gasteiger partial charge in [0.15, 0.2) is 16.1 Å². The third-order valence-corrected chi connectivity index (χ3v) is 27.6. The average Bonchev–Trinajstić information content (AvgIpc) is 0.966. The minimum absolute atomic E-state index is 0.168. The van der Waals surface area contributed by atoms with E-state index in [9.17, 15) is 0 Å². The van der Waals surface area contributed by atoms with Crippen LogP contribution >= 0.6 is 0 Å². The maximum atomic E-state index is 2.62. The molecule has 0 fully saturated rings. The molecule has 0 saturated heterocycles. The molecule has 2 aliphatic rings. The van der Waals surface area contributed by atoms with E-state index in [2.05, 4.69) is 354 Å². The average molecular weight is 1100 g/mol. The third-order valence-electron chi connectivity index (χ3n) is 18.0. The van der Waals surface area contributed by atoms with Crippen LogP contribution in [0, 0.1) is 0 Å². The van der Waals surface area contributed by atoms with Gasteiger partial charge in [-0.15, -0.1) is 0 Å². The maximum absolute atomic E-state index is 3.17. The fourth-order valence-corrected chi connectivity index (χ4v) is 24.6. The van der Waals surface area contributed by atoms with Crippen LogP contribution in [0.1, 0.15) is 0 Å². The van der Waals surface area contributed by atoms with Crippen molar-refractivity contribution in [2.75, 3.05) is 9.80 Å². The molecule has 13 aromatic carbocycles. The highest BCUT2D eigenvalue weighted by Crippen LogP contribution is 2.46. The Hall–Kier alpha value is -10.2. The number of anilines is 6. The molecule has 1 aromatic heterocycles. The molecule has 0 atom stereocenters. The largest absolute Gasteiger partial charge is 0.311 e. The van der Waals surface area contributed by atoms with E-state index in [1.807, 2.05) is 0 Å². The predicted octanol–water partition coefficient (Wildman–Crippen LogP) is 11.6. The number of aromatic nitrogens is 1. The first kappa shape index (κ1) is 49.6. The third kappa shape index (κ3) is 7.51. The van der Waals surface area contributed by atoms with E-state index >= 15 is 0 Å². The van der Waals surface area contributed by atoms with Crippen LogP contribution in [-0.2, 0) is 0 Å². The lowest BCUT2D eigenvalue weighted by molar-refractivity contribution is 1.16. The number of rotatable bonds is 11. The molecule has 0 N–H and O–H groups in total. The Morgan fingerprint density at radius 1 is 0.238 bits per heavy atom. The van der Waals surface area contributed by atoms with Gasteiger partial charge in [0.2, 0.25) is 0 Å². The highest BCUT2D eigenvalue weighted by molar-refractivity contribution is 7.22. The Morgan fingerprint density at radius 3 is 1.11 bits per heavy atom. The van der Waals surface area contributed by atoms with Gasteiger partial charge >= 0.3 is 0 Å². The van der Waals surface area contributed by atoms with Gasteiger partial charge in [-0.3, -0.25) is 0 Å². The first-order valence-electron chi connectivity index (χ1n) is 29.2. The summed E-state index contributed by atoms with van der Waals surface area (Å²) in [6, 6.07) is 128. The van der Waals surface area contributed by atoms with Gasteiger partial charge in [0.05, 0.1) is 16.7 Å². The number of benzene rings is 13. The summed E-state index contributed by atoms with van der Waals surface area (Å²) >= 11 is 0. The van der Waals surface area contributed by atoms with Crippen LogP contribution in [-0.4, -0.2) is 27.4 Å². The summed E-state index contributed by atoms with van der Waals surface area (Å²) in [7, 11) is -6.14. The minimum Gasteiger partial charge on any atom is -0.311 e. The fraction of sp³-hybridized carbons (Fsp3) is 0. The number of hydrogen-bond acceptors (Lipinski definition) is 2. The van der Waals surface area contributed by atoms with Crippen LogP contribution in [0.3, 0.4) is 0 Å². The number of nitrogens with zero attached hydrogens (tertiary/aromatic N) is 3. The first-order chi connectivity index (χ1) is 41.7. The fourth-order valence-electron chi connectivity index (χ4n) is 14.7. The van der Waals surface area contributed by atoms with E-state index in [0.29, 0.717) is 0 Å². The van der Waals surface area contributed by atoms with E-state index in [0.717, 1.165) is 28.4 Å². The van der Waals surface area contributed by atoms with Gasteiger partial charge < -0.3 is 14.4 Å². The molecule has 0 unspecified atom stereocenters. The van der Waals surface area contributed by atoms with E-state index in [1.165, 1.54) is 91.1 Å². The molecule has 0 bridgehead atoms. The molecule has 2 aliphatic heterocycles. The monoisotopic (exact) mass is 1100 g/mol. The lowest BCUT2D eigenvalue weighted by Crippen LogP contribution is -2.80. The number of para-hydroxylation sites is 4. The van der Waals surface area contributed by atoms with Crippen molar-refractivity contribution in [3.05, 3.63) is 340 Å². The van der Waals surface area contributed by atoms with Crippen LogP contribution in [0.5, 0.6) is 0 Å². The lowest BCUT2D eigenvalue weighted by atomic mass is 9.33. The molecule has 16 rings (SSSR count). The lowest BCUT2D eigenvalue weighted by Gasteiger charge is -2.47. The molecule has 14 aromatic rings. The molecule has 6 heteroatoms. The van der Waals surface area contributed by atoms with Crippen molar-refractivity contribution in [1.82, 2.24) is 4.57 Å². The van der Waals surface area contributed by atoms with Crippen molar-refractivity contribution in [3.63, 3.8) is 0 Å². The van der Waals surface area contributed by atoms with Gasteiger partial charge in [0.25, 0.3) is 6.71 Å². The molecule has 0 aliphatic carbocycles. The Balaban J connectivity index is 1.05. The van der Waals surface area contributed by atoms with Crippen molar-refractivity contribution < 1.29 is 0 Å². The van der Waals surface area contributed by atoms with Crippen LogP contribution < -0.4 is 67.7 Å². The van der Waals surface area contributed by atoms with Crippen molar-refractivity contribution in [2.45, 2.75) is 0 Å². The highest BCUT2D eigenvalue weighted by Gasteiger charge is 2.51. The van der Waals surface area contributed by atoms with Gasteiger partial charge in [-0.1, -0.05) is 279 Å². The van der Waals surface area contributed by atoms with Gasteiger partial charge in [-0.05, 0) is 119 Å². The summed E-state index contributed by atoms with van der Waals surface area (Å²) in [4.78, 5) is 5.23. The molecule has 0 saturated carbocycles. The Bertz CT molecular complexity index is 4490. The van der Waals surface area contributed by atoms with Crippen LogP contribution in [0.25, 0.3) is 27.5 Å². The SMILES string of the molecule is c1ccc(N2c3cc(-n4c5ccccc5c5ccccc54)cc4c3B(c3ccccc3N4c3cccc([Si](c4ccccc4)(c4ccccc4)c4ccccc4)c3)c3c2cccc3[Si](c2ccccc2)(c2ccccc2)c2ccccc2)cc1. The Morgan fingerprint density at radius 2 is 0.607 bits per heavy atom. The summed E-state index contributed by atoms with van der Waals surface area (Å²) in [5.41, 5.74) is 14.2. The number of fused-ring (bicyclic) bond motifs is 7. The zero-order valence-corrected chi connectivity index (χ0v) is 48.3. The predicted molar refractivity (Wildman–Crippen MR) is 362 cm³/mol. The minimum atomic E-state index is -3.17. The van der Waals surface area contributed by atoms with Crippen LogP contribution in [0.15, 0.2) is 340 Å². The molecule has 394 valence electrons. The van der Waals surface area contributed by atoms with E-state index in [4.69, 9.17) is 0 Å².